The number of hydrogen-bond acceptors (Lipinski definition) is 9. The van der Waals surface area contributed by atoms with E-state index in [0.717, 1.165) is 89.6 Å². The molecule has 0 heterocycles. The molecule has 0 bridgehead atoms. The summed E-state index contributed by atoms with van der Waals surface area (Å²) in [6.45, 7) is 10.8. The smallest absolute Gasteiger partial charge is 0.466 e. The molecule has 0 fully saturated rings. The van der Waals surface area contributed by atoms with Gasteiger partial charge in [-0.3, -0.25) is 4.79 Å². The van der Waals surface area contributed by atoms with Crippen molar-refractivity contribution in [3.63, 3.8) is 0 Å². The normalized spacial score (nSPS) is 12.0. The third-order valence-electron chi connectivity index (χ3n) is 10.7. The Balaban J connectivity index is 3.81. The van der Waals surface area contributed by atoms with E-state index in [9.17, 15) is 14.7 Å². The van der Waals surface area contributed by atoms with Crippen LogP contribution in [0.15, 0.2) is 0 Å². The highest BCUT2D eigenvalue weighted by Crippen LogP contribution is 2.24. The first-order valence-corrected chi connectivity index (χ1v) is 26.6. The van der Waals surface area contributed by atoms with Gasteiger partial charge in [0.25, 0.3) is 0 Å². The molecule has 0 aliphatic heterocycles. The molecule has 334 valence electrons. The van der Waals surface area contributed by atoms with Crippen molar-refractivity contribution in [2.75, 3.05) is 51.0 Å². The van der Waals surface area contributed by atoms with Crippen LogP contribution in [0.3, 0.4) is 0 Å². The van der Waals surface area contributed by atoms with Gasteiger partial charge in [0.1, 0.15) is 6.10 Å². The van der Waals surface area contributed by atoms with E-state index in [0.29, 0.717) is 19.6 Å². The maximum Gasteiger partial charge on any atom is 0.508 e. The molecule has 0 aromatic rings. The van der Waals surface area contributed by atoms with E-state index in [1.807, 2.05) is 10.8 Å². The van der Waals surface area contributed by atoms with Gasteiger partial charge in [0.05, 0.1) is 26.2 Å². The van der Waals surface area contributed by atoms with Crippen molar-refractivity contribution in [3.8, 4) is 0 Å². The Bertz CT molecular complexity index is 807. The Labute approximate surface area is 355 Å². The Hall–Kier alpha value is -0.640. The number of rotatable bonds is 46. The Morgan fingerprint density at radius 3 is 1.41 bits per heavy atom. The van der Waals surface area contributed by atoms with E-state index in [1.54, 1.807) is 10.8 Å². The molecule has 7 nitrogen and oxygen atoms in total. The van der Waals surface area contributed by atoms with Gasteiger partial charge in [-0.2, -0.15) is 0 Å². The van der Waals surface area contributed by atoms with E-state index >= 15 is 0 Å². The number of aliphatic hydroxyl groups excluding tert-OH is 1. The number of carbonyl (C=O) groups excluding carboxylic acids is 2. The van der Waals surface area contributed by atoms with Crippen molar-refractivity contribution in [1.29, 1.82) is 0 Å². The standard InChI is InChI=1S/C47H93NO6S2/c1-4-7-10-13-14-15-16-21-28-35-45(34-27-12-9-6-3)54-47(51)53-42-32-25-20-18-23-30-38-48(39-40-49)37-29-22-17-19-24-31-41-52-46(50)36-44-56-55-43-33-26-11-8-5-2/h45,49H,4-44H2,1-3H3. The molecule has 0 rings (SSSR count). The third kappa shape index (κ3) is 43.0. The lowest BCUT2D eigenvalue weighted by Crippen LogP contribution is -2.29. The summed E-state index contributed by atoms with van der Waals surface area (Å²) in [6, 6.07) is 0. The molecule has 9 heteroatoms. The SMILES string of the molecule is CCCCCCCCCCCC(CCCCCC)OC(=O)OCCCCCCCCN(CCO)CCCCCCCCOC(=O)CCSSCCCCCCC. The first-order valence-electron chi connectivity index (χ1n) is 24.1. The molecular weight excluding hydrogens is 739 g/mol. The molecule has 0 spiro atoms. The van der Waals surface area contributed by atoms with Crippen LogP contribution in [-0.2, 0) is 19.0 Å². The van der Waals surface area contributed by atoms with Gasteiger partial charge in [-0.25, -0.2) is 4.79 Å². The van der Waals surface area contributed by atoms with Gasteiger partial charge in [0, 0.05) is 18.1 Å². The van der Waals surface area contributed by atoms with Gasteiger partial charge in [0.2, 0.25) is 0 Å². The second-order valence-corrected chi connectivity index (χ2v) is 18.8. The predicted molar refractivity (Wildman–Crippen MR) is 245 cm³/mol. The topological polar surface area (TPSA) is 85.3 Å². The predicted octanol–water partition coefficient (Wildman–Crippen LogP) is 14.7. The Morgan fingerprint density at radius 1 is 0.482 bits per heavy atom. The lowest BCUT2D eigenvalue weighted by atomic mass is 10.0. The van der Waals surface area contributed by atoms with Crippen molar-refractivity contribution in [2.45, 2.75) is 239 Å². The number of unbranched alkanes of at least 4 members (excludes halogenated alkanes) is 25. The fraction of sp³-hybridized carbons (Fsp3) is 0.957. The second kappa shape index (κ2) is 47.0. The number of hydrogen-bond donors (Lipinski definition) is 1. The van der Waals surface area contributed by atoms with Gasteiger partial charge in [-0.1, -0.05) is 190 Å². The fourth-order valence-corrected chi connectivity index (χ4v) is 9.22. The lowest BCUT2D eigenvalue weighted by Gasteiger charge is -2.21. The summed E-state index contributed by atoms with van der Waals surface area (Å²) < 4.78 is 16.7. The summed E-state index contributed by atoms with van der Waals surface area (Å²) in [5.41, 5.74) is 0. The summed E-state index contributed by atoms with van der Waals surface area (Å²) in [5.74, 6) is 1.98. The average molecular weight is 832 g/mol. The Morgan fingerprint density at radius 2 is 0.893 bits per heavy atom. The first-order chi connectivity index (χ1) is 27.6. The molecule has 0 aromatic carbocycles. The Kier molecular flexibility index (Phi) is 46.5. The van der Waals surface area contributed by atoms with Crippen LogP contribution < -0.4 is 0 Å². The fourth-order valence-electron chi connectivity index (χ4n) is 7.10. The molecule has 0 aromatic heterocycles. The molecule has 0 radical (unpaired) electrons. The number of carbonyl (C=O) groups is 2. The summed E-state index contributed by atoms with van der Waals surface area (Å²) in [5, 5.41) is 9.55. The molecule has 0 amide bonds. The van der Waals surface area contributed by atoms with E-state index < -0.39 is 6.16 Å². The molecule has 0 saturated heterocycles. The van der Waals surface area contributed by atoms with Crippen LogP contribution in [0.1, 0.15) is 233 Å². The van der Waals surface area contributed by atoms with Gasteiger partial charge < -0.3 is 24.2 Å². The highest BCUT2D eigenvalue weighted by atomic mass is 33.1. The number of aliphatic hydroxyl groups is 1. The molecule has 1 unspecified atom stereocenters. The first kappa shape index (κ1) is 55.4. The zero-order chi connectivity index (χ0) is 40.8. The van der Waals surface area contributed by atoms with Gasteiger partial charge >= 0.3 is 12.1 Å². The van der Waals surface area contributed by atoms with Crippen molar-refractivity contribution >= 4 is 33.7 Å². The van der Waals surface area contributed by atoms with Gasteiger partial charge in [0.15, 0.2) is 0 Å². The number of esters is 1. The molecule has 0 aliphatic rings. The molecular formula is C47H93NO6S2. The molecule has 1 N–H and O–H groups in total. The van der Waals surface area contributed by atoms with E-state index in [2.05, 4.69) is 25.7 Å². The summed E-state index contributed by atoms with van der Waals surface area (Å²) in [4.78, 5) is 26.8. The third-order valence-corrected chi connectivity index (χ3v) is 13.2. The van der Waals surface area contributed by atoms with E-state index in [1.165, 1.54) is 147 Å². The summed E-state index contributed by atoms with van der Waals surface area (Å²) in [6.07, 6.45) is 38.7. The average Bonchev–Trinajstić information content (AvgIpc) is 3.19. The van der Waals surface area contributed by atoms with Crippen LogP contribution in [0.4, 0.5) is 4.79 Å². The zero-order valence-corrected chi connectivity index (χ0v) is 39.0. The van der Waals surface area contributed by atoms with Gasteiger partial charge in [-0.15, -0.1) is 0 Å². The minimum atomic E-state index is -0.471. The van der Waals surface area contributed by atoms with Crippen molar-refractivity contribution in [3.05, 3.63) is 0 Å². The summed E-state index contributed by atoms with van der Waals surface area (Å²) >= 11 is 0. The number of nitrogens with zero attached hydrogens (tertiary/aromatic N) is 1. The van der Waals surface area contributed by atoms with E-state index in [4.69, 9.17) is 14.2 Å². The second-order valence-electron chi connectivity index (χ2n) is 16.1. The van der Waals surface area contributed by atoms with Crippen LogP contribution in [-0.4, -0.2) is 79.2 Å². The number of ether oxygens (including phenoxy) is 3. The van der Waals surface area contributed by atoms with Gasteiger partial charge in [-0.05, 0) is 70.9 Å². The van der Waals surface area contributed by atoms with Crippen molar-refractivity contribution in [1.82, 2.24) is 4.90 Å². The lowest BCUT2D eigenvalue weighted by molar-refractivity contribution is -0.143. The highest BCUT2D eigenvalue weighted by molar-refractivity contribution is 8.76. The highest BCUT2D eigenvalue weighted by Gasteiger charge is 2.15. The molecule has 1 atom stereocenters. The molecule has 56 heavy (non-hydrogen) atoms. The van der Waals surface area contributed by atoms with Crippen LogP contribution in [0.2, 0.25) is 0 Å². The van der Waals surface area contributed by atoms with Crippen LogP contribution in [0.5, 0.6) is 0 Å². The van der Waals surface area contributed by atoms with Crippen LogP contribution >= 0.6 is 21.6 Å². The molecule has 0 saturated carbocycles. The minimum Gasteiger partial charge on any atom is -0.466 e. The minimum absolute atomic E-state index is 0.00140. The molecule has 0 aliphatic carbocycles. The van der Waals surface area contributed by atoms with Crippen LogP contribution in [0, 0.1) is 0 Å². The van der Waals surface area contributed by atoms with Crippen LogP contribution in [0.25, 0.3) is 0 Å². The maximum absolute atomic E-state index is 12.5. The maximum atomic E-state index is 12.5. The van der Waals surface area contributed by atoms with Crippen molar-refractivity contribution in [2.24, 2.45) is 0 Å². The zero-order valence-electron chi connectivity index (χ0n) is 37.3. The van der Waals surface area contributed by atoms with Crippen molar-refractivity contribution < 1.29 is 28.9 Å². The monoisotopic (exact) mass is 832 g/mol. The quantitative estimate of drug-likeness (QED) is 0.0366. The van der Waals surface area contributed by atoms with E-state index in [-0.39, 0.29) is 18.7 Å². The summed E-state index contributed by atoms with van der Waals surface area (Å²) in [7, 11) is 3.70. The largest absolute Gasteiger partial charge is 0.508 e.